The van der Waals surface area contributed by atoms with E-state index in [2.05, 4.69) is 16.3 Å². The summed E-state index contributed by atoms with van der Waals surface area (Å²) in [7, 11) is 3.99. The van der Waals surface area contributed by atoms with Crippen molar-refractivity contribution >= 4 is 35.1 Å². The fraction of sp³-hybridized carbons (Fsp3) is 0.360. The average Bonchev–Trinajstić information content (AvgIpc) is 3.11. The summed E-state index contributed by atoms with van der Waals surface area (Å²) < 4.78 is 4.30. The fourth-order valence-corrected chi connectivity index (χ4v) is 6.36. The van der Waals surface area contributed by atoms with Crippen LogP contribution in [0, 0.1) is 11.3 Å². The summed E-state index contributed by atoms with van der Waals surface area (Å²) in [6.45, 7) is 4.25. The first-order valence-electron chi connectivity index (χ1n) is 11.0. The van der Waals surface area contributed by atoms with Crippen LogP contribution in [0.4, 0.5) is 5.69 Å². The van der Waals surface area contributed by atoms with Gasteiger partial charge in [-0.3, -0.25) is 9.69 Å². The Morgan fingerprint density at radius 2 is 1.82 bits per heavy atom. The van der Waals surface area contributed by atoms with Crippen LogP contribution in [0.15, 0.2) is 70.1 Å². The zero-order valence-corrected chi connectivity index (χ0v) is 20.5. The molecule has 172 valence electrons. The second-order valence-electron chi connectivity index (χ2n) is 8.11. The molecule has 33 heavy (non-hydrogen) atoms. The first-order valence-corrected chi connectivity index (χ1v) is 12.8. The van der Waals surface area contributed by atoms with E-state index in [1.165, 1.54) is 11.8 Å². The highest BCUT2D eigenvalue weighted by atomic mass is 32.2. The molecule has 1 atom stereocenters. The maximum Gasteiger partial charge on any atom is 0.251 e. The summed E-state index contributed by atoms with van der Waals surface area (Å²) in [4.78, 5) is 18.9. The number of nitriles is 1. The molecule has 2 aliphatic rings. The van der Waals surface area contributed by atoms with Gasteiger partial charge in [-0.05, 0) is 29.8 Å². The van der Waals surface area contributed by atoms with Crippen LogP contribution >= 0.6 is 23.5 Å². The van der Waals surface area contributed by atoms with Gasteiger partial charge in [0.1, 0.15) is 0 Å². The summed E-state index contributed by atoms with van der Waals surface area (Å²) in [6.07, 6.45) is 0. The van der Waals surface area contributed by atoms with Gasteiger partial charge in [0.15, 0.2) is 4.75 Å². The van der Waals surface area contributed by atoms with Gasteiger partial charge in [0.2, 0.25) is 0 Å². The molecule has 4 rings (SSSR count). The number of morpholine rings is 1. The lowest BCUT2D eigenvalue weighted by molar-refractivity contribution is -0.120. The van der Waals surface area contributed by atoms with E-state index < -0.39 is 4.75 Å². The predicted molar refractivity (Wildman–Crippen MR) is 135 cm³/mol. The molecule has 6 nitrogen and oxygen atoms in total. The van der Waals surface area contributed by atoms with Gasteiger partial charge in [-0.1, -0.05) is 42.1 Å². The molecule has 0 aromatic heterocycles. The van der Waals surface area contributed by atoms with Crippen molar-refractivity contribution in [2.24, 2.45) is 0 Å². The number of anilines is 1. The molecule has 1 unspecified atom stereocenters. The van der Waals surface area contributed by atoms with E-state index >= 15 is 0 Å². The number of carbonyl (C=O) groups is 1. The Bertz CT molecular complexity index is 1040. The van der Waals surface area contributed by atoms with Crippen molar-refractivity contribution in [3.8, 4) is 6.07 Å². The van der Waals surface area contributed by atoms with Crippen LogP contribution in [0.3, 0.4) is 0 Å². The molecule has 1 saturated heterocycles. The number of nitrogens with one attached hydrogen (secondary N) is 1. The minimum atomic E-state index is -1.11. The van der Waals surface area contributed by atoms with Gasteiger partial charge in [-0.2, -0.15) is 5.26 Å². The van der Waals surface area contributed by atoms with Crippen molar-refractivity contribution < 1.29 is 9.53 Å². The number of hydrogen-bond acceptors (Lipinski definition) is 7. The van der Waals surface area contributed by atoms with E-state index in [4.69, 9.17) is 4.74 Å². The summed E-state index contributed by atoms with van der Waals surface area (Å²) in [5, 5.41) is 13.9. The Kier molecular flexibility index (Phi) is 7.66. The molecule has 1 amide bonds. The average molecular weight is 481 g/mol. The van der Waals surface area contributed by atoms with Crippen LogP contribution in [-0.4, -0.2) is 63.5 Å². The Morgan fingerprint density at radius 1 is 1.12 bits per heavy atom. The normalized spacial score (nSPS) is 21.1. The number of rotatable bonds is 8. The second-order valence-corrected chi connectivity index (χ2v) is 10.5. The molecule has 0 saturated carbocycles. The van der Waals surface area contributed by atoms with E-state index in [-0.39, 0.29) is 5.91 Å². The molecular formula is C25H28N4O2S2. The predicted octanol–water partition coefficient (Wildman–Crippen LogP) is 3.67. The van der Waals surface area contributed by atoms with Gasteiger partial charge < -0.3 is 15.0 Å². The summed E-state index contributed by atoms with van der Waals surface area (Å²) in [6, 6.07) is 20.1. The van der Waals surface area contributed by atoms with E-state index in [1.54, 1.807) is 11.8 Å². The molecule has 0 spiro atoms. The molecule has 1 N–H and O–H groups in total. The highest BCUT2D eigenvalue weighted by molar-refractivity contribution is 8.03. The third kappa shape index (κ3) is 5.07. The smallest absolute Gasteiger partial charge is 0.251 e. The molecule has 2 aromatic rings. The van der Waals surface area contributed by atoms with E-state index in [9.17, 15) is 10.1 Å². The van der Waals surface area contributed by atoms with Crippen molar-refractivity contribution in [1.29, 1.82) is 5.26 Å². The van der Waals surface area contributed by atoms with E-state index in [1.807, 2.05) is 73.6 Å². The Hall–Kier alpha value is -2.44. The number of benzene rings is 2. The largest absolute Gasteiger partial charge is 0.379 e. The van der Waals surface area contributed by atoms with Crippen LogP contribution in [0.1, 0.15) is 5.56 Å². The Labute approximate surface area is 204 Å². The molecule has 8 heteroatoms. The van der Waals surface area contributed by atoms with Crippen LogP contribution in [-0.2, 0) is 14.3 Å². The monoisotopic (exact) mass is 480 g/mol. The lowest BCUT2D eigenvalue weighted by Crippen LogP contribution is -2.37. The molecule has 2 heterocycles. The van der Waals surface area contributed by atoms with E-state index in [0.717, 1.165) is 54.7 Å². The summed E-state index contributed by atoms with van der Waals surface area (Å²) in [5.74, 6) is 0.634. The second kappa shape index (κ2) is 10.7. The van der Waals surface area contributed by atoms with Gasteiger partial charge in [0.25, 0.3) is 5.91 Å². The molecule has 0 bridgehead atoms. The van der Waals surface area contributed by atoms with Crippen molar-refractivity contribution in [1.82, 2.24) is 10.2 Å². The van der Waals surface area contributed by atoms with Gasteiger partial charge >= 0.3 is 0 Å². The topological polar surface area (TPSA) is 68.6 Å². The third-order valence-corrected chi connectivity index (χ3v) is 8.22. The van der Waals surface area contributed by atoms with Crippen molar-refractivity contribution in [3.63, 3.8) is 0 Å². The Balaban J connectivity index is 1.64. The van der Waals surface area contributed by atoms with Crippen LogP contribution < -0.4 is 10.2 Å². The first kappa shape index (κ1) is 23.7. The number of thioether (sulfide) groups is 2. The Morgan fingerprint density at radius 3 is 2.45 bits per heavy atom. The summed E-state index contributed by atoms with van der Waals surface area (Å²) >= 11 is 2.98. The minimum Gasteiger partial charge on any atom is -0.379 e. The zero-order valence-electron chi connectivity index (χ0n) is 18.9. The number of nitrogens with zero attached hydrogens (tertiary/aromatic N) is 3. The number of amides is 1. The molecule has 1 fully saturated rings. The van der Waals surface area contributed by atoms with Crippen molar-refractivity contribution in [2.45, 2.75) is 9.64 Å². The highest BCUT2D eigenvalue weighted by Crippen LogP contribution is 2.52. The maximum atomic E-state index is 13.5. The van der Waals surface area contributed by atoms with Crippen LogP contribution in [0.25, 0.3) is 0 Å². The van der Waals surface area contributed by atoms with Crippen LogP contribution in [0.5, 0.6) is 0 Å². The molecule has 2 aromatic carbocycles. The summed E-state index contributed by atoms with van der Waals surface area (Å²) in [5.41, 5.74) is 2.37. The minimum absolute atomic E-state index is 0.166. The molecule has 0 aliphatic carbocycles. The fourth-order valence-electron chi connectivity index (χ4n) is 3.96. The van der Waals surface area contributed by atoms with Gasteiger partial charge in [-0.25, -0.2) is 0 Å². The molecule has 2 aliphatic heterocycles. The maximum absolute atomic E-state index is 13.5. The van der Waals surface area contributed by atoms with Gasteiger partial charge in [0, 0.05) is 50.1 Å². The lowest BCUT2D eigenvalue weighted by Gasteiger charge is -2.27. The standard InChI is InChI=1S/C25H28N4O2S2/c1-28(2)20-8-10-21(11-9-20)33-25(19-6-4-3-5-7-19)22(18-26)23(27-24(25)30)32-17-14-29-12-15-31-16-13-29/h3-11H,12-17H2,1-2H3,(H,27,30). The highest BCUT2D eigenvalue weighted by Gasteiger charge is 2.51. The van der Waals surface area contributed by atoms with Gasteiger partial charge in [-0.15, -0.1) is 11.8 Å². The van der Waals surface area contributed by atoms with E-state index in [0.29, 0.717) is 10.6 Å². The van der Waals surface area contributed by atoms with Crippen LogP contribution in [0.2, 0.25) is 0 Å². The number of ether oxygens (including phenoxy) is 1. The molecular weight excluding hydrogens is 452 g/mol. The number of hydrogen-bond donors (Lipinski definition) is 1. The third-order valence-electron chi connectivity index (χ3n) is 5.80. The van der Waals surface area contributed by atoms with Crippen molar-refractivity contribution in [2.75, 3.05) is 57.6 Å². The van der Waals surface area contributed by atoms with Crippen molar-refractivity contribution in [3.05, 3.63) is 70.8 Å². The SMILES string of the molecule is CN(C)c1ccc(SC2(c3ccccc3)C(=O)NC(SCCN3CCOCC3)=C2C#N)cc1. The number of carbonyl (C=O) groups excluding carboxylic acids is 1. The zero-order chi connectivity index (χ0) is 23.3. The quantitative estimate of drug-likeness (QED) is 0.618. The lowest BCUT2D eigenvalue weighted by atomic mass is 9.92. The first-order chi connectivity index (χ1) is 16.0. The molecule has 0 radical (unpaired) electrons. The van der Waals surface area contributed by atoms with Gasteiger partial charge in [0.05, 0.1) is 29.9 Å².